The predicted octanol–water partition coefficient (Wildman–Crippen LogP) is 1.92. The molecule has 88 valence electrons. The standard InChI is InChI=1S/C10H15BrN4S/c1-15(5-7-4-9(11)16-6-7)10(14-12)13-8-2-3-8/h4,6,8H,2-3,5,12H2,1H3,(H,13,14). The SMILES string of the molecule is CN(Cc1csc(Br)c1)C(=NC1CC1)NN. The zero-order valence-electron chi connectivity index (χ0n) is 9.11. The second-order valence-electron chi connectivity index (χ2n) is 3.94. The second-order valence-corrected chi connectivity index (χ2v) is 6.23. The van der Waals surface area contributed by atoms with Gasteiger partial charge in [0.1, 0.15) is 0 Å². The van der Waals surface area contributed by atoms with E-state index in [4.69, 9.17) is 5.84 Å². The predicted molar refractivity (Wildman–Crippen MR) is 71.3 cm³/mol. The molecule has 0 aromatic carbocycles. The molecule has 0 aliphatic heterocycles. The van der Waals surface area contributed by atoms with E-state index in [0.29, 0.717) is 6.04 Å². The minimum Gasteiger partial charge on any atom is -0.341 e. The smallest absolute Gasteiger partial charge is 0.208 e. The maximum absolute atomic E-state index is 5.48. The highest BCUT2D eigenvalue weighted by molar-refractivity contribution is 9.11. The topological polar surface area (TPSA) is 53.6 Å². The quantitative estimate of drug-likeness (QED) is 0.388. The molecule has 0 radical (unpaired) electrons. The Balaban J connectivity index is 1.97. The third kappa shape index (κ3) is 3.20. The van der Waals surface area contributed by atoms with Crippen LogP contribution in [0.5, 0.6) is 0 Å². The number of nitrogens with two attached hydrogens (primary N) is 1. The molecule has 0 atom stereocenters. The molecule has 1 heterocycles. The molecule has 1 aliphatic rings. The van der Waals surface area contributed by atoms with Gasteiger partial charge in [-0.1, -0.05) is 0 Å². The number of hydrogen-bond donors (Lipinski definition) is 2. The van der Waals surface area contributed by atoms with Crippen molar-refractivity contribution in [3.05, 3.63) is 20.8 Å². The van der Waals surface area contributed by atoms with Gasteiger partial charge < -0.3 is 4.90 Å². The fraction of sp³-hybridized carbons (Fsp3) is 0.500. The van der Waals surface area contributed by atoms with Crippen LogP contribution in [-0.2, 0) is 6.54 Å². The number of rotatable bonds is 3. The monoisotopic (exact) mass is 302 g/mol. The van der Waals surface area contributed by atoms with Crippen molar-refractivity contribution in [1.82, 2.24) is 10.3 Å². The lowest BCUT2D eigenvalue weighted by Crippen LogP contribution is -2.42. The molecule has 2 rings (SSSR count). The van der Waals surface area contributed by atoms with Crippen LogP contribution in [0, 0.1) is 0 Å². The van der Waals surface area contributed by atoms with Crippen LogP contribution in [0.25, 0.3) is 0 Å². The number of thiophene rings is 1. The summed E-state index contributed by atoms with van der Waals surface area (Å²) in [6, 6.07) is 2.59. The lowest BCUT2D eigenvalue weighted by atomic mass is 10.3. The van der Waals surface area contributed by atoms with Crippen molar-refractivity contribution in [2.45, 2.75) is 25.4 Å². The van der Waals surface area contributed by atoms with E-state index in [9.17, 15) is 0 Å². The molecule has 3 N–H and O–H groups in total. The fourth-order valence-electron chi connectivity index (χ4n) is 1.40. The van der Waals surface area contributed by atoms with E-state index in [2.05, 4.69) is 37.8 Å². The largest absolute Gasteiger partial charge is 0.341 e. The van der Waals surface area contributed by atoms with Crippen molar-refractivity contribution >= 4 is 33.2 Å². The van der Waals surface area contributed by atoms with Gasteiger partial charge in [0.25, 0.3) is 0 Å². The van der Waals surface area contributed by atoms with Gasteiger partial charge in [-0.15, -0.1) is 11.3 Å². The molecule has 0 saturated heterocycles. The highest BCUT2D eigenvalue weighted by Gasteiger charge is 2.22. The molecule has 0 bridgehead atoms. The van der Waals surface area contributed by atoms with Crippen LogP contribution in [0.3, 0.4) is 0 Å². The number of aliphatic imine (C=N–C) groups is 1. The van der Waals surface area contributed by atoms with E-state index in [1.165, 1.54) is 18.4 Å². The highest BCUT2D eigenvalue weighted by Crippen LogP contribution is 2.24. The molecule has 16 heavy (non-hydrogen) atoms. The first-order valence-corrected chi connectivity index (χ1v) is 6.85. The van der Waals surface area contributed by atoms with Gasteiger partial charge in [-0.2, -0.15) is 0 Å². The number of hydrogen-bond acceptors (Lipinski definition) is 3. The maximum atomic E-state index is 5.48. The Bertz CT molecular complexity index is 386. The Kier molecular flexibility index (Phi) is 3.83. The summed E-state index contributed by atoms with van der Waals surface area (Å²) in [6.07, 6.45) is 2.37. The molecule has 0 spiro atoms. The van der Waals surface area contributed by atoms with Gasteiger partial charge in [0.2, 0.25) is 5.96 Å². The minimum absolute atomic E-state index is 0.475. The lowest BCUT2D eigenvalue weighted by molar-refractivity contribution is 0.477. The van der Waals surface area contributed by atoms with Crippen molar-refractivity contribution < 1.29 is 0 Å². The molecule has 1 saturated carbocycles. The number of nitrogens with one attached hydrogen (secondary N) is 1. The number of hydrazine groups is 1. The molecule has 1 aromatic rings. The van der Waals surface area contributed by atoms with Crippen molar-refractivity contribution in [2.75, 3.05) is 7.05 Å². The van der Waals surface area contributed by atoms with Crippen molar-refractivity contribution in [2.24, 2.45) is 10.8 Å². The molecule has 4 nitrogen and oxygen atoms in total. The van der Waals surface area contributed by atoms with Gasteiger partial charge in [-0.05, 0) is 45.8 Å². The lowest BCUT2D eigenvalue weighted by Gasteiger charge is -2.19. The highest BCUT2D eigenvalue weighted by atomic mass is 79.9. The first-order valence-electron chi connectivity index (χ1n) is 5.17. The summed E-state index contributed by atoms with van der Waals surface area (Å²) in [4.78, 5) is 6.54. The molecule has 1 aromatic heterocycles. The minimum atomic E-state index is 0.475. The summed E-state index contributed by atoms with van der Waals surface area (Å²) in [5, 5.41) is 2.13. The fourth-order valence-corrected chi connectivity index (χ4v) is 2.60. The van der Waals surface area contributed by atoms with Crippen molar-refractivity contribution in [3.63, 3.8) is 0 Å². The first-order chi connectivity index (χ1) is 7.69. The van der Waals surface area contributed by atoms with Crippen LogP contribution in [-0.4, -0.2) is 23.9 Å². The Morgan fingerprint density at radius 1 is 1.75 bits per heavy atom. The Morgan fingerprint density at radius 2 is 2.50 bits per heavy atom. The van der Waals surface area contributed by atoms with E-state index in [-0.39, 0.29) is 0 Å². The van der Waals surface area contributed by atoms with Gasteiger partial charge in [0, 0.05) is 13.6 Å². The maximum Gasteiger partial charge on any atom is 0.208 e. The van der Waals surface area contributed by atoms with Crippen molar-refractivity contribution in [3.8, 4) is 0 Å². The van der Waals surface area contributed by atoms with Crippen LogP contribution in [0.1, 0.15) is 18.4 Å². The number of halogens is 1. The molecule has 0 unspecified atom stereocenters. The van der Waals surface area contributed by atoms with Gasteiger partial charge >= 0.3 is 0 Å². The summed E-state index contributed by atoms with van der Waals surface area (Å²) in [5.74, 6) is 6.25. The van der Waals surface area contributed by atoms with E-state index >= 15 is 0 Å². The van der Waals surface area contributed by atoms with Gasteiger partial charge in [0.15, 0.2) is 0 Å². The summed E-state index contributed by atoms with van der Waals surface area (Å²) in [5.41, 5.74) is 3.93. The van der Waals surface area contributed by atoms with Crippen LogP contribution in [0.4, 0.5) is 0 Å². The third-order valence-corrected chi connectivity index (χ3v) is 3.94. The second kappa shape index (κ2) is 5.16. The van der Waals surface area contributed by atoms with Gasteiger partial charge in [-0.25, -0.2) is 10.8 Å². The first kappa shape index (κ1) is 11.9. The van der Waals surface area contributed by atoms with Crippen LogP contribution in [0.15, 0.2) is 20.2 Å². The summed E-state index contributed by atoms with van der Waals surface area (Å²) in [7, 11) is 1.99. The molecule has 1 fully saturated rings. The third-order valence-electron chi connectivity index (χ3n) is 2.38. The number of guanidine groups is 1. The van der Waals surface area contributed by atoms with Crippen LogP contribution < -0.4 is 11.3 Å². The zero-order valence-corrected chi connectivity index (χ0v) is 11.5. The average Bonchev–Trinajstić information content (AvgIpc) is 2.98. The Morgan fingerprint density at radius 3 is 3.00 bits per heavy atom. The normalized spacial score (nSPS) is 16.3. The van der Waals surface area contributed by atoms with E-state index in [1.807, 2.05) is 11.9 Å². The summed E-state index contributed by atoms with van der Waals surface area (Å²) in [6.45, 7) is 0.817. The van der Waals surface area contributed by atoms with Crippen molar-refractivity contribution in [1.29, 1.82) is 0 Å². The van der Waals surface area contributed by atoms with E-state index in [1.54, 1.807) is 11.3 Å². The average molecular weight is 303 g/mol. The molecular formula is C10H15BrN4S. The Hall–Kier alpha value is -0.590. The summed E-state index contributed by atoms with van der Waals surface area (Å²) < 4.78 is 1.15. The summed E-state index contributed by atoms with van der Waals surface area (Å²) >= 11 is 5.15. The zero-order chi connectivity index (χ0) is 11.5. The van der Waals surface area contributed by atoms with Gasteiger partial charge in [0.05, 0.1) is 9.83 Å². The van der Waals surface area contributed by atoms with E-state index < -0.39 is 0 Å². The van der Waals surface area contributed by atoms with Crippen LogP contribution in [0.2, 0.25) is 0 Å². The molecule has 1 aliphatic carbocycles. The van der Waals surface area contributed by atoms with E-state index in [0.717, 1.165) is 16.3 Å². The molecule has 0 amide bonds. The van der Waals surface area contributed by atoms with Gasteiger partial charge in [-0.3, -0.25) is 5.43 Å². The molecule has 6 heteroatoms. The Labute approximate surface area is 108 Å². The molecular weight excluding hydrogens is 288 g/mol. The van der Waals surface area contributed by atoms with Crippen LogP contribution >= 0.6 is 27.3 Å². The number of nitrogens with zero attached hydrogens (tertiary/aromatic N) is 2.